The molecule has 1 fully saturated rings. The molecular weight excluding hydrogens is 394 g/mol. The second-order valence-corrected chi connectivity index (χ2v) is 8.89. The molecule has 118 valence electrons. The van der Waals surface area contributed by atoms with Crippen molar-refractivity contribution in [3.05, 3.63) is 26.6 Å². The summed E-state index contributed by atoms with van der Waals surface area (Å²) in [5.74, 6) is 1.10. The van der Waals surface area contributed by atoms with Crippen molar-refractivity contribution in [1.82, 2.24) is 4.90 Å². The molecule has 0 amide bonds. The van der Waals surface area contributed by atoms with E-state index in [1.165, 1.54) is 31.4 Å². The molecule has 1 atom stereocenters. The predicted molar refractivity (Wildman–Crippen MR) is 95.6 cm³/mol. The van der Waals surface area contributed by atoms with Crippen LogP contribution in [0.2, 0.25) is 0 Å². The van der Waals surface area contributed by atoms with E-state index in [0.717, 1.165) is 28.0 Å². The standard InChI is InChI=1S/C17H25Br2NO/c1-17(2,3)13-5-4-7-20(8-6-13)11-12-9-14(18)16(21)15(19)10-12/h9-10,13,21H,4-8,11H2,1-3H3. The monoisotopic (exact) mass is 417 g/mol. The van der Waals surface area contributed by atoms with E-state index in [4.69, 9.17) is 0 Å². The van der Waals surface area contributed by atoms with Gasteiger partial charge in [0.25, 0.3) is 0 Å². The van der Waals surface area contributed by atoms with Crippen LogP contribution in [0.5, 0.6) is 5.75 Å². The molecule has 0 bridgehead atoms. The zero-order valence-corrected chi connectivity index (χ0v) is 16.3. The van der Waals surface area contributed by atoms with Gasteiger partial charge in [0, 0.05) is 6.54 Å². The van der Waals surface area contributed by atoms with Gasteiger partial charge in [0.1, 0.15) is 5.75 Å². The first-order chi connectivity index (χ1) is 9.77. The summed E-state index contributed by atoms with van der Waals surface area (Å²) in [7, 11) is 0. The fourth-order valence-corrected chi connectivity index (χ4v) is 4.43. The molecule has 1 aromatic rings. The number of halogens is 2. The van der Waals surface area contributed by atoms with E-state index in [2.05, 4.69) is 57.5 Å². The number of hydrogen-bond acceptors (Lipinski definition) is 2. The second-order valence-electron chi connectivity index (χ2n) is 7.18. The van der Waals surface area contributed by atoms with Gasteiger partial charge in [-0.15, -0.1) is 0 Å². The SMILES string of the molecule is CC(C)(C)C1CCCN(Cc2cc(Br)c(O)c(Br)c2)CC1. The van der Waals surface area contributed by atoms with Crippen LogP contribution >= 0.6 is 31.9 Å². The number of rotatable bonds is 2. The maximum atomic E-state index is 9.80. The quantitative estimate of drug-likeness (QED) is 0.678. The number of benzene rings is 1. The van der Waals surface area contributed by atoms with Crippen LogP contribution in [-0.2, 0) is 6.54 Å². The summed E-state index contributed by atoms with van der Waals surface area (Å²) in [4.78, 5) is 2.54. The molecule has 1 aliphatic heterocycles. The lowest BCUT2D eigenvalue weighted by Crippen LogP contribution is -2.26. The van der Waals surface area contributed by atoms with E-state index in [0.29, 0.717) is 5.41 Å². The number of hydrogen-bond donors (Lipinski definition) is 1. The molecular formula is C17H25Br2NO. The Morgan fingerprint density at radius 3 is 2.33 bits per heavy atom. The first-order valence-electron chi connectivity index (χ1n) is 7.66. The summed E-state index contributed by atoms with van der Waals surface area (Å²) < 4.78 is 1.52. The van der Waals surface area contributed by atoms with Gasteiger partial charge in [-0.25, -0.2) is 0 Å². The molecule has 21 heavy (non-hydrogen) atoms. The molecule has 1 heterocycles. The van der Waals surface area contributed by atoms with E-state index >= 15 is 0 Å². The molecule has 1 aromatic carbocycles. The molecule has 1 aliphatic rings. The van der Waals surface area contributed by atoms with Gasteiger partial charge >= 0.3 is 0 Å². The Bertz CT molecular complexity index is 473. The third-order valence-electron chi connectivity index (χ3n) is 4.53. The molecule has 0 aliphatic carbocycles. The fourth-order valence-electron chi connectivity index (χ4n) is 3.15. The van der Waals surface area contributed by atoms with Gasteiger partial charge in [0.2, 0.25) is 0 Å². The minimum absolute atomic E-state index is 0.280. The van der Waals surface area contributed by atoms with Crippen molar-refractivity contribution in [2.45, 2.75) is 46.6 Å². The summed E-state index contributed by atoms with van der Waals surface area (Å²) in [5.41, 5.74) is 1.65. The van der Waals surface area contributed by atoms with E-state index < -0.39 is 0 Å². The average molecular weight is 419 g/mol. The van der Waals surface area contributed by atoms with Crippen molar-refractivity contribution < 1.29 is 5.11 Å². The van der Waals surface area contributed by atoms with Crippen LogP contribution in [-0.4, -0.2) is 23.1 Å². The van der Waals surface area contributed by atoms with Gasteiger partial charge in [-0.05, 0) is 93.2 Å². The Hall–Kier alpha value is -0.0600. The molecule has 4 heteroatoms. The highest BCUT2D eigenvalue weighted by Crippen LogP contribution is 2.36. The number of phenolic OH excluding ortho intramolecular Hbond substituents is 1. The maximum Gasteiger partial charge on any atom is 0.143 e. The highest BCUT2D eigenvalue weighted by atomic mass is 79.9. The maximum absolute atomic E-state index is 9.80. The zero-order chi connectivity index (χ0) is 15.6. The van der Waals surface area contributed by atoms with Gasteiger partial charge in [-0.3, -0.25) is 4.90 Å². The number of aromatic hydroxyl groups is 1. The van der Waals surface area contributed by atoms with E-state index in [-0.39, 0.29) is 5.75 Å². The Kier molecular flexibility index (Phi) is 5.77. The van der Waals surface area contributed by atoms with Gasteiger partial charge in [0.15, 0.2) is 0 Å². The summed E-state index contributed by atoms with van der Waals surface area (Å²) >= 11 is 6.83. The summed E-state index contributed by atoms with van der Waals surface area (Å²) in [6, 6.07) is 4.04. The summed E-state index contributed by atoms with van der Waals surface area (Å²) in [5, 5.41) is 9.80. The summed E-state index contributed by atoms with van der Waals surface area (Å²) in [6.45, 7) is 10.4. The van der Waals surface area contributed by atoms with Crippen molar-refractivity contribution >= 4 is 31.9 Å². The minimum Gasteiger partial charge on any atom is -0.506 e. The molecule has 0 radical (unpaired) electrons. The van der Waals surface area contributed by atoms with E-state index in [1.54, 1.807) is 0 Å². The van der Waals surface area contributed by atoms with Crippen LogP contribution in [0.25, 0.3) is 0 Å². The van der Waals surface area contributed by atoms with Gasteiger partial charge in [-0.2, -0.15) is 0 Å². The van der Waals surface area contributed by atoms with Gasteiger partial charge in [0.05, 0.1) is 8.95 Å². The van der Waals surface area contributed by atoms with Gasteiger partial charge < -0.3 is 5.11 Å². The topological polar surface area (TPSA) is 23.5 Å². The van der Waals surface area contributed by atoms with Crippen LogP contribution in [0.3, 0.4) is 0 Å². The highest BCUT2D eigenvalue weighted by molar-refractivity contribution is 9.11. The van der Waals surface area contributed by atoms with Crippen LogP contribution in [0.15, 0.2) is 21.1 Å². The normalized spacial score (nSPS) is 21.3. The van der Waals surface area contributed by atoms with Crippen molar-refractivity contribution in [3.8, 4) is 5.75 Å². The fraction of sp³-hybridized carbons (Fsp3) is 0.647. The minimum atomic E-state index is 0.280. The number of phenols is 1. The Morgan fingerprint density at radius 1 is 1.14 bits per heavy atom. The zero-order valence-electron chi connectivity index (χ0n) is 13.1. The smallest absolute Gasteiger partial charge is 0.143 e. The van der Waals surface area contributed by atoms with Crippen LogP contribution in [0.4, 0.5) is 0 Å². The third kappa shape index (κ3) is 4.70. The van der Waals surface area contributed by atoms with Gasteiger partial charge in [-0.1, -0.05) is 20.8 Å². The van der Waals surface area contributed by atoms with Crippen molar-refractivity contribution in [3.63, 3.8) is 0 Å². The van der Waals surface area contributed by atoms with E-state index in [1.807, 2.05) is 12.1 Å². The Balaban J connectivity index is 2.01. The molecule has 2 rings (SSSR count). The highest BCUT2D eigenvalue weighted by Gasteiger charge is 2.27. The number of nitrogens with zero attached hydrogens (tertiary/aromatic N) is 1. The Morgan fingerprint density at radius 2 is 1.76 bits per heavy atom. The molecule has 0 aromatic heterocycles. The largest absolute Gasteiger partial charge is 0.506 e. The molecule has 1 unspecified atom stereocenters. The van der Waals surface area contributed by atoms with E-state index in [9.17, 15) is 5.11 Å². The van der Waals surface area contributed by atoms with Crippen molar-refractivity contribution in [2.75, 3.05) is 13.1 Å². The molecule has 0 saturated carbocycles. The Labute approximate surface area is 145 Å². The first kappa shape index (κ1) is 17.3. The molecule has 2 nitrogen and oxygen atoms in total. The van der Waals surface area contributed by atoms with Crippen LogP contribution in [0.1, 0.15) is 45.6 Å². The second kappa shape index (κ2) is 7.01. The van der Waals surface area contributed by atoms with Crippen molar-refractivity contribution in [2.24, 2.45) is 11.3 Å². The first-order valence-corrected chi connectivity index (χ1v) is 9.25. The van der Waals surface area contributed by atoms with Crippen LogP contribution < -0.4 is 0 Å². The molecule has 0 spiro atoms. The third-order valence-corrected chi connectivity index (χ3v) is 5.74. The lowest BCUT2D eigenvalue weighted by atomic mass is 9.77. The predicted octanol–water partition coefficient (Wildman–Crippen LogP) is 5.57. The van der Waals surface area contributed by atoms with Crippen LogP contribution in [0, 0.1) is 11.3 Å². The summed E-state index contributed by atoms with van der Waals surface area (Å²) in [6.07, 6.45) is 3.90. The molecule has 1 saturated heterocycles. The average Bonchev–Trinajstić information content (AvgIpc) is 2.61. The lowest BCUT2D eigenvalue weighted by Gasteiger charge is -2.29. The number of likely N-dealkylation sites (tertiary alicyclic amines) is 1. The molecule has 1 N–H and O–H groups in total. The lowest BCUT2D eigenvalue weighted by molar-refractivity contribution is 0.206. The van der Waals surface area contributed by atoms with Crippen molar-refractivity contribution in [1.29, 1.82) is 0 Å².